The maximum absolute atomic E-state index is 13.5. The topological polar surface area (TPSA) is 63.7 Å². The largest absolute Gasteiger partial charge is 0.494 e. The third-order valence-electron chi connectivity index (χ3n) is 6.70. The Bertz CT molecular complexity index is 1050. The summed E-state index contributed by atoms with van der Waals surface area (Å²) < 4.78 is 30.2. The Morgan fingerprint density at radius 3 is 2.20 bits per heavy atom. The minimum Gasteiger partial charge on any atom is -0.494 e. The van der Waals surface area contributed by atoms with Crippen molar-refractivity contribution in [2.75, 3.05) is 18.1 Å². The van der Waals surface area contributed by atoms with Gasteiger partial charge in [-0.25, -0.2) is 8.42 Å². The van der Waals surface area contributed by atoms with Gasteiger partial charge in [-0.1, -0.05) is 77.6 Å². The third-order valence-corrected chi connectivity index (χ3v) is 8.45. The Kier molecular flexibility index (Phi) is 9.40. The van der Waals surface area contributed by atoms with Crippen molar-refractivity contribution in [3.8, 4) is 5.75 Å². The summed E-state index contributed by atoms with van der Waals surface area (Å²) >= 11 is 0. The van der Waals surface area contributed by atoms with Crippen molar-refractivity contribution in [2.24, 2.45) is 0 Å². The summed E-state index contributed by atoms with van der Waals surface area (Å²) in [7, 11) is -3.11. The molecule has 0 aromatic heterocycles. The van der Waals surface area contributed by atoms with E-state index >= 15 is 0 Å². The number of hydrogen-bond donors (Lipinski definition) is 0. The van der Waals surface area contributed by atoms with Gasteiger partial charge in [0.25, 0.3) is 5.91 Å². The molecule has 1 aliphatic rings. The van der Waals surface area contributed by atoms with E-state index in [1.807, 2.05) is 24.3 Å². The second-order valence-corrected chi connectivity index (χ2v) is 13.0. The summed E-state index contributed by atoms with van der Waals surface area (Å²) in [6.45, 7) is 9.77. The summed E-state index contributed by atoms with van der Waals surface area (Å²) in [6, 6.07) is 15.2. The molecule has 3 rings (SSSR count). The average molecular weight is 500 g/mol. The van der Waals surface area contributed by atoms with Crippen LogP contribution in [0.15, 0.2) is 48.5 Å². The number of carbonyl (C=O) groups excluding carboxylic acids is 1. The molecule has 0 unspecified atom stereocenters. The fraction of sp³-hybridized carbons (Fsp3) is 0.552. The van der Waals surface area contributed by atoms with Crippen molar-refractivity contribution < 1.29 is 17.9 Å². The summed E-state index contributed by atoms with van der Waals surface area (Å²) in [6.07, 6.45) is 6.39. The lowest BCUT2D eigenvalue weighted by Crippen LogP contribution is -2.40. The first kappa shape index (κ1) is 27.3. The molecule has 1 heterocycles. The molecule has 0 spiro atoms. The van der Waals surface area contributed by atoms with Crippen LogP contribution < -0.4 is 4.74 Å². The highest BCUT2D eigenvalue weighted by Gasteiger charge is 2.35. The van der Waals surface area contributed by atoms with E-state index in [1.54, 1.807) is 17.0 Å². The lowest BCUT2D eigenvalue weighted by molar-refractivity contribution is 0.0681. The number of unbranched alkanes of at least 4 members (excludes halogenated alkanes) is 4. The van der Waals surface area contributed by atoms with E-state index in [2.05, 4.69) is 39.8 Å². The summed E-state index contributed by atoms with van der Waals surface area (Å²) in [5.41, 5.74) is 2.82. The van der Waals surface area contributed by atoms with E-state index in [0.717, 1.165) is 17.7 Å². The van der Waals surface area contributed by atoms with Crippen molar-refractivity contribution in [1.29, 1.82) is 0 Å². The predicted octanol–water partition coefficient (Wildman–Crippen LogP) is 6.16. The van der Waals surface area contributed by atoms with E-state index in [0.29, 0.717) is 25.1 Å². The summed E-state index contributed by atoms with van der Waals surface area (Å²) in [4.78, 5) is 15.3. The minimum atomic E-state index is -3.11. The third kappa shape index (κ3) is 8.09. The lowest BCUT2D eigenvalue weighted by atomic mass is 9.86. The monoisotopic (exact) mass is 499 g/mol. The normalized spacial score (nSPS) is 17.3. The Morgan fingerprint density at radius 1 is 0.971 bits per heavy atom. The molecule has 6 heteroatoms. The zero-order valence-corrected chi connectivity index (χ0v) is 22.6. The Morgan fingerprint density at radius 2 is 1.63 bits per heavy atom. The first-order valence-electron chi connectivity index (χ1n) is 12.9. The van der Waals surface area contributed by atoms with E-state index in [-0.39, 0.29) is 28.9 Å². The molecule has 0 aliphatic carbocycles. The molecule has 2 aromatic carbocycles. The van der Waals surface area contributed by atoms with Gasteiger partial charge in [-0.05, 0) is 53.6 Å². The first-order valence-corrected chi connectivity index (χ1v) is 14.7. The molecule has 1 atom stereocenters. The number of benzene rings is 2. The van der Waals surface area contributed by atoms with Gasteiger partial charge in [0.15, 0.2) is 9.84 Å². The summed E-state index contributed by atoms with van der Waals surface area (Å²) in [5.74, 6) is 0.774. The first-order chi connectivity index (χ1) is 16.6. The molecule has 0 bridgehead atoms. The van der Waals surface area contributed by atoms with Gasteiger partial charge in [0.2, 0.25) is 0 Å². The lowest BCUT2D eigenvalue weighted by Gasteiger charge is -2.29. The van der Waals surface area contributed by atoms with E-state index in [9.17, 15) is 13.2 Å². The zero-order chi connectivity index (χ0) is 25.5. The maximum atomic E-state index is 13.5. The van der Waals surface area contributed by atoms with Crippen LogP contribution in [0.1, 0.15) is 87.7 Å². The number of nitrogens with zero attached hydrogens (tertiary/aromatic N) is 1. The fourth-order valence-corrected chi connectivity index (χ4v) is 6.18. The second-order valence-electron chi connectivity index (χ2n) is 10.7. The molecule has 1 saturated heterocycles. The number of hydrogen-bond acceptors (Lipinski definition) is 4. The molecule has 192 valence electrons. The molecule has 0 N–H and O–H groups in total. The highest BCUT2D eigenvalue weighted by molar-refractivity contribution is 7.91. The van der Waals surface area contributed by atoms with Gasteiger partial charge in [-0.3, -0.25) is 4.79 Å². The van der Waals surface area contributed by atoms with Crippen LogP contribution in [-0.4, -0.2) is 43.4 Å². The van der Waals surface area contributed by atoms with Crippen molar-refractivity contribution in [3.05, 3.63) is 65.2 Å². The molecular formula is C29H41NO4S. The maximum Gasteiger partial charge on any atom is 0.254 e. The van der Waals surface area contributed by atoms with E-state index < -0.39 is 9.84 Å². The SMILES string of the molecule is CCCCCCCOc1ccc(C(=O)N(Cc2ccc(C(C)(C)C)cc2)[C@H]2CCS(=O)(=O)C2)cc1. The molecule has 1 aliphatic heterocycles. The van der Waals surface area contributed by atoms with E-state index in [1.165, 1.54) is 31.2 Å². The zero-order valence-electron chi connectivity index (χ0n) is 21.8. The van der Waals surface area contributed by atoms with Crippen LogP contribution >= 0.6 is 0 Å². The van der Waals surface area contributed by atoms with Gasteiger partial charge in [0, 0.05) is 18.2 Å². The fourth-order valence-electron chi connectivity index (χ4n) is 4.45. The van der Waals surface area contributed by atoms with Crippen LogP contribution in [0.5, 0.6) is 5.75 Å². The Balaban J connectivity index is 1.70. The standard InChI is InChI=1S/C29H41NO4S/c1-5-6-7-8-9-19-34-27-16-12-24(13-17-27)28(31)30(26-18-20-35(32,33)22-26)21-23-10-14-25(15-11-23)29(2,3)4/h10-17,26H,5-9,18-22H2,1-4H3/t26-/m0/s1. The molecule has 0 saturated carbocycles. The van der Waals surface area contributed by atoms with Crippen molar-refractivity contribution in [2.45, 2.75) is 84.2 Å². The smallest absolute Gasteiger partial charge is 0.254 e. The van der Waals surface area contributed by atoms with Crippen LogP contribution in [0.2, 0.25) is 0 Å². The number of ether oxygens (including phenoxy) is 1. The van der Waals surface area contributed by atoms with Crippen molar-refractivity contribution in [3.63, 3.8) is 0 Å². The number of amides is 1. The van der Waals surface area contributed by atoms with Crippen molar-refractivity contribution in [1.82, 2.24) is 4.90 Å². The van der Waals surface area contributed by atoms with Crippen LogP contribution in [0, 0.1) is 0 Å². The molecular weight excluding hydrogens is 458 g/mol. The van der Waals surface area contributed by atoms with Gasteiger partial charge in [0.1, 0.15) is 5.75 Å². The molecule has 0 radical (unpaired) electrons. The van der Waals surface area contributed by atoms with Crippen LogP contribution in [0.3, 0.4) is 0 Å². The number of rotatable bonds is 11. The Labute approximate surface area is 211 Å². The van der Waals surface area contributed by atoms with Crippen LogP contribution in [0.25, 0.3) is 0 Å². The molecule has 5 nitrogen and oxygen atoms in total. The molecule has 1 amide bonds. The van der Waals surface area contributed by atoms with Gasteiger partial charge < -0.3 is 9.64 Å². The highest BCUT2D eigenvalue weighted by atomic mass is 32.2. The Hall–Kier alpha value is -2.34. The van der Waals surface area contributed by atoms with E-state index in [4.69, 9.17) is 4.74 Å². The number of carbonyl (C=O) groups is 1. The van der Waals surface area contributed by atoms with Crippen LogP contribution in [0.4, 0.5) is 0 Å². The summed E-state index contributed by atoms with van der Waals surface area (Å²) in [5, 5.41) is 0. The predicted molar refractivity (Wildman–Crippen MR) is 143 cm³/mol. The van der Waals surface area contributed by atoms with Gasteiger partial charge in [0.05, 0.1) is 18.1 Å². The van der Waals surface area contributed by atoms with Gasteiger partial charge in [-0.15, -0.1) is 0 Å². The van der Waals surface area contributed by atoms with Crippen molar-refractivity contribution >= 4 is 15.7 Å². The average Bonchev–Trinajstić information content (AvgIpc) is 3.18. The van der Waals surface area contributed by atoms with Crippen LogP contribution in [-0.2, 0) is 21.8 Å². The number of sulfone groups is 1. The second kappa shape index (κ2) is 12.1. The van der Waals surface area contributed by atoms with Gasteiger partial charge >= 0.3 is 0 Å². The van der Waals surface area contributed by atoms with Gasteiger partial charge in [-0.2, -0.15) is 0 Å². The molecule has 2 aromatic rings. The molecule has 35 heavy (non-hydrogen) atoms. The highest BCUT2D eigenvalue weighted by Crippen LogP contribution is 2.26. The molecule has 1 fully saturated rings. The quantitative estimate of drug-likeness (QED) is 0.347. The minimum absolute atomic E-state index is 0.0258.